The van der Waals surface area contributed by atoms with Crippen molar-refractivity contribution in [3.8, 4) is 0 Å². The number of carbonyl (C=O) groups is 1. The predicted molar refractivity (Wildman–Crippen MR) is 38.1 cm³/mol. The van der Waals surface area contributed by atoms with Crippen molar-refractivity contribution in [2.45, 2.75) is 6.92 Å². The number of rotatable bonds is 1. The SMILES string of the molecule is Cc1ccccc1C(=O)O.[Cr]. The Bertz CT molecular complexity index is 258. The summed E-state index contributed by atoms with van der Waals surface area (Å²) in [6.45, 7) is 1.78. The Kier molecular flexibility index (Phi) is 3.88. The van der Waals surface area contributed by atoms with E-state index >= 15 is 0 Å². The molecule has 0 atom stereocenters. The maximum atomic E-state index is 10.4. The van der Waals surface area contributed by atoms with Crippen molar-refractivity contribution in [2.75, 3.05) is 0 Å². The summed E-state index contributed by atoms with van der Waals surface area (Å²) in [5, 5.41) is 8.57. The first kappa shape index (κ1) is 10.2. The number of aromatic carboxylic acids is 1. The van der Waals surface area contributed by atoms with Crippen LogP contribution in [0.3, 0.4) is 0 Å². The Balaban J connectivity index is 0.000001000. The summed E-state index contributed by atoms with van der Waals surface area (Å²) in [6.07, 6.45) is 0. The molecule has 0 unspecified atom stereocenters. The van der Waals surface area contributed by atoms with Gasteiger partial charge in [0, 0.05) is 17.4 Å². The van der Waals surface area contributed by atoms with Gasteiger partial charge in [0.25, 0.3) is 0 Å². The predicted octanol–water partition coefficient (Wildman–Crippen LogP) is 1.69. The van der Waals surface area contributed by atoms with Gasteiger partial charge in [0.2, 0.25) is 0 Å². The van der Waals surface area contributed by atoms with Crippen molar-refractivity contribution in [2.24, 2.45) is 0 Å². The molecule has 58 valence electrons. The maximum Gasteiger partial charge on any atom is 0.335 e. The van der Waals surface area contributed by atoms with Crippen LogP contribution in [0.1, 0.15) is 15.9 Å². The van der Waals surface area contributed by atoms with Crippen LogP contribution in [0, 0.1) is 6.92 Å². The van der Waals surface area contributed by atoms with Crippen LogP contribution >= 0.6 is 0 Å². The first-order valence-corrected chi connectivity index (χ1v) is 3.01. The van der Waals surface area contributed by atoms with Crippen LogP contribution in [0.15, 0.2) is 24.3 Å². The van der Waals surface area contributed by atoms with E-state index in [1.807, 2.05) is 6.07 Å². The molecule has 0 aliphatic rings. The van der Waals surface area contributed by atoms with Crippen molar-refractivity contribution >= 4 is 5.97 Å². The molecule has 0 heterocycles. The largest absolute Gasteiger partial charge is 0.478 e. The van der Waals surface area contributed by atoms with Crippen LogP contribution in [0.2, 0.25) is 0 Å². The smallest absolute Gasteiger partial charge is 0.335 e. The quantitative estimate of drug-likeness (QED) is 0.728. The minimum absolute atomic E-state index is 0. The van der Waals surface area contributed by atoms with E-state index in [1.165, 1.54) is 0 Å². The van der Waals surface area contributed by atoms with Crippen LogP contribution in [0.25, 0.3) is 0 Å². The number of hydrogen-bond acceptors (Lipinski definition) is 1. The fourth-order valence-electron chi connectivity index (χ4n) is 0.813. The average molecular weight is 188 g/mol. The molecule has 0 saturated heterocycles. The van der Waals surface area contributed by atoms with Crippen LogP contribution in [0.5, 0.6) is 0 Å². The van der Waals surface area contributed by atoms with Gasteiger partial charge in [-0.2, -0.15) is 0 Å². The van der Waals surface area contributed by atoms with Crippen molar-refractivity contribution in [3.63, 3.8) is 0 Å². The number of carboxylic acid groups (broad SMARTS) is 1. The number of hydrogen-bond donors (Lipinski definition) is 1. The zero-order valence-corrected chi connectivity index (χ0v) is 7.35. The van der Waals surface area contributed by atoms with E-state index in [2.05, 4.69) is 0 Å². The van der Waals surface area contributed by atoms with Crippen LogP contribution in [-0.2, 0) is 17.4 Å². The molecule has 1 aromatic carbocycles. The molecule has 0 aromatic heterocycles. The van der Waals surface area contributed by atoms with E-state index in [1.54, 1.807) is 25.1 Å². The average Bonchev–Trinajstić information content (AvgIpc) is 1.88. The van der Waals surface area contributed by atoms with Crippen LogP contribution < -0.4 is 0 Å². The normalized spacial score (nSPS) is 8.45. The molecule has 1 rings (SSSR count). The summed E-state index contributed by atoms with van der Waals surface area (Å²) in [4.78, 5) is 10.4. The topological polar surface area (TPSA) is 37.3 Å². The summed E-state index contributed by atoms with van der Waals surface area (Å²) < 4.78 is 0. The second-order valence-electron chi connectivity index (χ2n) is 2.12. The Hall–Kier alpha value is -0.778. The molecular formula is C8H8CrO2. The second kappa shape index (κ2) is 4.17. The zero-order valence-electron chi connectivity index (χ0n) is 6.07. The van der Waals surface area contributed by atoms with Gasteiger partial charge in [-0.1, -0.05) is 18.2 Å². The van der Waals surface area contributed by atoms with Gasteiger partial charge in [-0.15, -0.1) is 0 Å². The summed E-state index contributed by atoms with van der Waals surface area (Å²) >= 11 is 0. The first-order chi connectivity index (χ1) is 4.72. The number of benzene rings is 1. The van der Waals surface area contributed by atoms with Crippen molar-refractivity contribution in [3.05, 3.63) is 35.4 Å². The molecule has 0 aliphatic carbocycles. The van der Waals surface area contributed by atoms with Gasteiger partial charge in [0.05, 0.1) is 5.56 Å². The van der Waals surface area contributed by atoms with E-state index < -0.39 is 5.97 Å². The van der Waals surface area contributed by atoms with E-state index in [-0.39, 0.29) is 17.4 Å². The third-order valence-electron chi connectivity index (χ3n) is 1.38. The molecule has 0 amide bonds. The molecule has 1 aromatic rings. The molecule has 0 fully saturated rings. The summed E-state index contributed by atoms with van der Waals surface area (Å²) in [7, 11) is 0. The van der Waals surface area contributed by atoms with Crippen LogP contribution in [0.4, 0.5) is 0 Å². The minimum atomic E-state index is -0.863. The summed E-state index contributed by atoms with van der Waals surface area (Å²) in [5.41, 5.74) is 1.18. The van der Waals surface area contributed by atoms with Gasteiger partial charge >= 0.3 is 5.97 Å². The molecule has 0 bridgehead atoms. The monoisotopic (exact) mass is 188 g/mol. The third kappa shape index (κ3) is 2.38. The fraction of sp³-hybridized carbons (Fsp3) is 0.125. The van der Waals surface area contributed by atoms with Gasteiger partial charge in [0.15, 0.2) is 0 Å². The zero-order chi connectivity index (χ0) is 7.56. The molecule has 0 radical (unpaired) electrons. The molecule has 0 spiro atoms. The Labute approximate surface area is 76.0 Å². The molecule has 3 heteroatoms. The maximum absolute atomic E-state index is 10.4. The van der Waals surface area contributed by atoms with Crippen LogP contribution in [-0.4, -0.2) is 11.1 Å². The number of aryl methyl sites for hydroxylation is 1. The standard InChI is InChI=1S/C8H8O2.Cr/c1-6-4-2-3-5-7(6)8(9)10;/h2-5H,1H3,(H,9,10);. The van der Waals surface area contributed by atoms with Gasteiger partial charge in [-0.3, -0.25) is 0 Å². The second-order valence-corrected chi connectivity index (χ2v) is 2.12. The molecule has 2 nitrogen and oxygen atoms in total. The third-order valence-corrected chi connectivity index (χ3v) is 1.38. The van der Waals surface area contributed by atoms with E-state index in [0.29, 0.717) is 5.56 Å². The van der Waals surface area contributed by atoms with Crippen molar-refractivity contribution < 1.29 is 27.3 Å². The number of carboxylic acids is 1. The Morgan fingerprint density at radius 1 is 1.36 bits per heavy atom. The fourth-order valence-corrected chi connectivity index (χ4v) is 0.813. The molecular weight excluding hydrogens is 180 g/mol. The Morgan fingerprint density at radius 2 is 1.91 bits per heavy atom. The molecule has 11 heavy (non-hydrogen) atoms. The summed E-state index contributed by atoms with van der Waals surface area (Å²) in [6, 6.07) is 6.92. The van der Waals surface area contributed by atoms with Gasteiger partial charge in [-0.05, 0) is 18.6 Å². The first-order valence-electron chi connectivity index (χ1n) is 3.01. The van der Waals surface area contributed by atoms with E-state index in [4.69, 9.17) is 5.11 Å². The van der Waals surface area contributed by atoms with Gasteiger partial charge in [0.1, 0.15) is 0 Å². The van der Waals surface area contributed by atoms with E-state index in [9.17, 15) is 4.79 Å². The van der Waals surface area contributed by atoms with Gasteiger partial charge in [-0.25, -0.2) is 4.79 Å². The Morgan fingerprint density at radius 3 is 2.27 bits per heavy atom. The van der Waals surface area contributed by atoms with Crippen molar-refractivity contribution in [1.82, 2.24) is 0 Å². The van der Waals surface area contributed by atoms with Crippen molar-refractivity contribution in [1.29, 1.82) is 0 Å². The summed E-state index contributed by atoms with van der Waals surface area (Å²) in [5.74, 6) is -0.863. The van der Waals surface area contributed by atoms with Gasteiger partial charge < -0.3 is 5.11 Å². The molecule has 0 saturated carbocycles. The minimum Gasteiger partial charge on any atom is -0.478 e. The molecule has 0 aliphatic heterocycles. The molecule has 1 N–H and O–H groups in total. The van der Waals surface area contributed by atoms with E-state index in [0.717, 1.165) is 5.56 Å².